The zero-order valence-electron chi connectivity index (χ0n) is 4.79. The van der Waals surface area contributed by atoms with Crippen LogP contribution in [0, 0.1) is 5.92 Å². The van der Waals surface area contributed by atoms with E-state index in [1.165, 1.54) is 0 Å². The van der Waals surface area contributed by atoms with Crippen LogP contribution in [0.3, 0.4) is 0 Å². The van der Waals surface area contributed by atoms with Crippen LogP contribution in [0.5, 0.6) is 0 Å². The van der Waals surface area contributed by atoms with E-state index in [2.05, 4.69) is 12.6 Å². The minimum atomic E-state index is -0.748. The molecule has 1 N–H and O–H groups in total. The molecule has 0 saturated carbocycles. The minimum Gasteiger partial charge on any atom is -0.481 e. The molecule has 0 aliphatic rings. The van der Waals surface area contributed by atoms with E-state index in [0.717, 1.165) is 0 Å². The Kier molecular flexibility index (Phi) is 3.69. The van der Waals surface area contributed by atoms with E-state index in [0.29, 0.717) is 12.2 Å². The Morgan fingerprint density at radius 1 is 1.88 bits per heavy atom. The van der Waals surface area contributed by atoms with Crippen molar-refractivity contribution in [3.8, 4) is 0 Å². The largest absolute Gasteiger partial charge is 0.481 e. The van der Waals surface area contributed by atoms with Crippen LogP contribution in [0.15, 0.2) is 0 Å². The van der Waals surface area contributed by atoms with E-state index in [4.69, 9.17) is 5.11 Å². The topological polar surface area (TPSA) is 37.3 Å². The summed E-state index contributed by atoms with van der Waals surface area (Å²) < 4.78 is 0. The van der Waals surface area contributed by atoms with Gasteiger partial charge in [0.1, 0.15) is 0 Å². The van der Waals surface area contributed by atoms with Crippen molar-refractivity contribution in [1.29, 1.82) is 0 Å². The lowest BCUT2D eigenvalue weighted by atomic mass is 10.1. The molecule has 2 nitrogen and oxygen atoms in total. The van der Waals surface area contributed by atoms with Gasteiger partial charge in [0.05, 0.1) is 5.92 Å². The number of carboxylic acids is 1. The number of thiol groups is 1. The van der Waals surface area contributed by atoms with Crippen LogP contribution >= 0.6 is 12.6 Å². The first-order chi connectivity index (χ1) is 3.72. The summed E-state index contributed by atoms with van der Waals surface area (Å²) in [5.74, 6) is -0.577. The monoisotopic (exact) mass is 134 g/mol. The highest BCUT2D eigenvalue weighted by Gasteiger charge is 2.10. The lowest BCUT2D eigenvalue weighted by molar-refractivity contribution is -0.140. The van der Waals surface area contributed by atoms with Crippen LogP contribution in [0.4, 0.5) is 0 Å². The highest BCUT2D eigenvalue weighted by Crippen LogP contribution is 2.03. The number of hydrogen-bond acceptors (Lipinski definition) is 2. The summed E-state index contributed by atoms with van der Waals surface area (Å²) >= 11 is 3.85. The summed E-state index contributed by atoms with van der Waals surface area (Å²) in [4.78, 5) is 10.1. The summed E-state index contributed by atoms with van der Waals surface area (Å²) in [6.07, 6.45) is 0.666. The third kappa shape index (κ3) is 2.21. The van der Waals surface area contributed by atoms with Gasteiger partial charge in [0.25, 0.3) is 0 Å². The average Bonchev–Trinajstić information content (AvgIpc) is 1.69. The van der Waals surface area contributed by atoms with E-state index in [9.17, 15) is 4.79 Å². The number of carbonyl (C=O) groups is 1. The highest BCUT2D eigenvalue weighted by molar-refractivity contribution is 7.80. The van der Waals surface area contributed by atoms with Crippen LogP contribution in [0.25, 0.3) is 0 Å². The predicted octanol–water partition coefficient (Wildman–Crippen LogP) is 1.03. The number of rotatable bonds is 3. The van der Waals surface area contributed by atoms with Gasteiger partial charge in [-0.3, -0.25) is 4.79 Å². The second-order valence-electron chi connectivity index (χ2n) is 1.63. The molecule has 0 saturated heterocycles. The van der Waals surface area contributed by atoms with Crippen molar-refractivity contribution in [3.63, 3.8) is 0 Å². The quantitative estimate of drug-likeness (QED) is 0.566. The fourth-order valence-corrected chi connectivity index (χ4v) is 0.796. The molecule has 0 aliphatic carbocycles. The van der Waals surface area contributed by atoms with Crippen molar-refractivity contribution in [2.24, 2.45) is 5.92 Å². The summed E-state index contributed by atoms with van der Waals surface area (Å²) in [6.45, 7) is 1.84. The Morgan fingerprint density at radius 3 is 2.38 bits per heavy atom. The molecule has 3 heteroatoms. The van der Waals surface area contributed by atoms with E-state index >= 15 is 0 Å². The molecule has 0 unspecified atom stereocenters. The minimum absolute atomic E-state index is 0.265. The third-order valence-corrected chi connectivity index (χ3v) is 1.50. The molecule has 8 heavy (non-hydrogen) atoms. The molecule has 0 radical (unpaired) electrons. The molecular weight excluding hydrogens is 124 g/mol. The van der Waals surface area contributed by atoms with Crippen LogP contribution in [0.2, 0.25) is 0 Å². The van der Waals surface area contributed by atoms with Crippen LogP contribution < -0.4 is 0 Å². The molecule has 48 valence electrons. The molecule has 0 amide bonds. The van der Waals surface area contributed by atoms with Gasteiger partial charge in [-0.05, 0) is 6.42 Å². The molecule has 0 bridgehead atoms. The first-order valence-electron chi connectivity index (χ1n) is 2.56. The normalized spacial score (nSPS) is 13.2. The maximum absolute atomic E-state index is 10.1. The van der Waals surface area contributed by atoms with Crippen molar-refractivity contribution < 1.29 is 9.90 Å². The van der Waals surface area contributed by atoms with Gasteiger partial charge in [-0.15, -0.1) is 0 Å². The Morgan fingerprint density at radius 2 is 2.38 bits per heavy atom. The molecular formula is C5H10O2S. The van der Waals surface area contributed by atoms with E-state index in [1.807, 2.05) is 6.92 Å². The smallest absolute Gasteiger partial charge is 0.307 e. The fourth-order valence-electron chi connectivity index (χ4n) is 0.382. The van der Waals surface area contributed by atoms with Crippen LogP contribution in [0.1, 0.15) is 13.3 Å². The van der Waals surface area contributed by atoms with Crippen molar-refractivity contribution in [1.82, 2.24) is 0 Å². The second-order valence-corrected chi connectivity index (χ2v) is 1.99. The zero-order chi connectivity index (χ0) is 6.57. The predicted molar refractivity (Wildman–Crippen MR) is 35.3 cm³/mol. The third-order valence-electron chi connectivity index (χ3n) is 1.06. The summed E-state index contributed by atoms with van der Waals surface area (Å²) in [5.41, 5.74) is 0. The molecule has 0 aliphatic heterocycles. The summed E-state index contributed by atoms with van der Waals surface area (Å²) in [5, 5.41) is 8.32. The fraction of sp³-hybridized carbons (Fsp3) is 0.800. The average molecular weight is 134 g/mol. The maximum atomic E-state index is 10.1. The Hall–Kier alpha value is -0.180. The van der Waals surface area contributed by atoms with Crippen molar-refractivity contribution >= 4 is 18.6 Å². The van der Waals surface area contributed by atoms with Crippen molar-refractivity contribution in [2.75, 3.05) is 5.75 Å². The number of aliphatic carboxylic acids is 1. The second kappa shape index (κ2) is 3.78. The Bertz CT molecular complexity index is 78.5. The van der Waals surface area contributed by atoms with Gasteiger partial charge >= 0.3 is 5.97 Å². The highest BCUT2D eigenvalue weighted by atomic mass is 32.1. The van der Waals surface area contributed by atoms with Gasteiger partial charge in [0.2, 0.25) is 0 Å². The molecule has 0 fully saturated rings. The van der Waals surface area contributed by atoms with E-state index in [1.54, 1.807) is 0 Å². The molecule has 1 atom stereocenters. The van der Waals surface area contributed by atoms with Gasteiger partial charge < -0.3 is 5.11 Å². The number of hydrogen-bond donors (Lipinski definition) is 2. The van der Waals surface area contributed by atoms with Gasteiger partial charge in [0.15, 0.2) is 0 Å². The lowest BCUT2D eigenvalue weighted by Crippen LogP contribution is -2.13. The summed E-state index contributed by atoms with van der Waals surface area (Å²) in [7, 11) is 0. The Labute approximate surface area is 54.3 Å². The SMILES string of the molecule is CC[C@@H](CS)C(=O)O. The molecule has 0 rings (SSSR count). The van der Waals surface area contributed by atoms with Crippen LogP contribution in [-0.2, 0) is 4.79 Å². The van der Waals surface area contributed by atoms with Gasteiger partial charge in [0, 0.05) is 5.75 Å². The molecule has 0 heterocycles. The van der Waals surface area contributed by atoms with Gasteiger partial charge in [-0.1, -0.05) is 6.92 Å². The standard InChI is InChI=1S/C5H10O2S/c1-2-4(3-8)5(6)7/h4,8H,2-3H2,1H3,(H,6,7)/t4-/m0/s1. The molecule has 0 aromatic heterocycles. The van der Waals surface area contributed by atoms with Crippen molar-refractivity contribution in [3.05, 3.63) is 0 Å². The van der Waals surface area contributed by atoms with E-state index < -0.39 is 5.97 Å². The lowest BCUT2D eigenvalue weighted by Gasteiger charge is -2.02. The first-order valence-corrected chi connectivity index (χ1v) is 3.19. The zero-order valence-corrected chi connectivity index (χ0v) is 5.69. The maximum Gasteiger partial charge on any atom is 0.307 e. The molecule has 0 spiro atoms. The first kappa shape index (κ1) is 7.82. The molecule has 0 aromatic rings. The van der Waals surface area contributed by atoms with Crippen LogP contribution in [-0.4, -0.2) is 16.8 Å². The summed E-state index contributed by atoms with van der Waals surface area (Å²) in [6, 6.07) is 0. The molecule has 0 aromatic carbocycles. The van der Waals surface area contributed by atoms with Gasteiger partial charge in [-0.2, -0.15) is 12.6 Å². The van der Waals surface area contributed by atoms with Gasteiger partial charge in [-0.25, -0.2) is 0 Å². The van der Waals surface area contributed by atoms with E-state index in [-0.39, 0.29) is 5.92 Å². The Balaban J connectivity index is 3.52. The number of carboxylic acid groups (broad SMARTS) is 1. The van der Waals surface area contributed by atoms with Crippen molar-refractivity contribution in [2.45, 2.75) is 13.3 Å².